The van der Waals surface area contributed by atoms with Crippen molar-refractivity contribution >= 4 is 27.3 Å². The van der Waals surface area contributed by atoms with Crippen LogP contribution in [0.3, 0.4) is 0 Å². The summed E-state index contributed by atoms with van der Waals surface area (Å²) in [7, 11) is -3.40. The quantitative estimate of drug-likeness (QED) is 0.844. The Morgan fingerprint density at radius 2 is 2.06 bits per heavy atom. The highest BCUT2D eigenvalue weighted by Crippen LogP contribution is 2.23. The Hall–Kier alpha value is -0.780. The van der Waals surface area contributed by atoms with Crippen LogP contribution in [0.25, 0.3) is 0 Å². The minimum atomic E-state index is -3.40. The van der Waals surface area contributed by atoms with E-state index in [1.807, 2.05) is 0 Å². The van der Waals surface area contributed by atoms with E-state index in [1.165, 1.54) is 0 Å². The summed E-state index contributed by atoms with van der Waals surface area (Å²) in [6.45, 7) is 2.15. The molecule has 2 N–H and O–H groups in total. The van der Waals surface area contributed by atoms with Crippen LogP contribution >= 0.6 is 11.6 Å². The average Bonchev–Trinajstić information content (AvgIpc) is 3.12. The van der Waals surface area contributed by atoms with E-state index in [0.29, 0.717) is 23.3 Å². The standard InChI is InChI=1S/C12H17ClN2O2S/c1-9(8-14-10-6-7-10)18(16,17)15-12-5-3-2-4-11(12)13/h2-5,9-10,14-15H,6-8H2,1H3. The molecule has 0 heterocycles. The van der Waals surface area contributed by atoms with Crippen LogP contribution in [0.5, 0.6) is 0 Å². The summed E-state index contributed by atoms with van der Waals surface area (Å²) in [5.74, 6) is 0. The lowest BCUT2D eigenvalue weighted by molar-refractivity contribution is 0.576. The van der Waals surface area contributed by atoms with E-state index in [4.69, 9.17) is 11.6 Å². The first kappa shape index (κ1) is 13.6. The lowest BCUT2D eigenvalue weighted by Gasteiger charge is -2.16. The lowest BCUT2D eigenvalue weighted by Crippen LogP contribution is -2.35. The van der Waals surface area contributed by atoms with E-state index in [-0.39, 0.29) is 0 Å². The molecule has 100 valence electrons. The largest absolute Gasteiger partial charge is 0.313 e. The van der Waals surface area contributed by atoms with Gasteiger partial charge in [-0.25, -0.2) is 8.42 Å². The fourth-order valence-electron chi connectivity index (χ4n) is 1.53. The van der Waals surface area contributed by atoms with E-state index >= 15 is 0 Å². The Labute approximate surface area is 113 Å². The fraction of sp³-hybridized carbons (Fsp3) is 0.500. The van der Waals surface area contributed by atoms with Crippen molar-refractivity contribution in [2.45, 2.75) is 31.1 Å². The van der Waals surface area contributed by atoms with Gasteiger partial charge >= 0.3 is 0 Å². The highest BCUT2D eigenvalue weighted by atomic mass is 35.5. The van der Waals surface area contributed by atoms with Gasteiger partial charge < -0.3 is 5.32 Å². The Morgan fingerprint density at radius 3 is 2.67 bits per heavy atom. The molecular weight excluding hydrogens is 272 g/mol. The fourth-order valence-corrected chi connectivity index (χ4v) is 2.77. The van der Waals surface area contributed by atoms with Gasteiger partial charge in [0.25, 0.3) is 0 Å². The van der Waals surface area contributed by atoms with Gasteiger partial charge in [-0.3, -0.25) is 4.72 Å². The van der Waals surface area contributed by atoms with Crippen molar-refractivity contribution in [1.29, 1.82) is 0 Å². The minimum absolute atomic E-state index is 0.406. The van der Waals surface area contributed by atoms with Crippen LogP contribution < -0.4 is 10.0 Å². The normalized spacial score (nSPS) is 17.4. The van der Waals surface area contributed by atoms with Crippen LogP contribution in [0.4, 0.5) is 5.69 Å². The van der Waals surface area contributed by atoms with Crippen molar-refractivity contribution in [1.82, 2.24) is 5.32 Å². The predicted molar refractivity (Wildman–Crippen MR) is 74.5 cm³/mol. The summed E-state index contributed by atoms with van der Waals surface area (Å²) in [4.78, 5) is 0. The highest BCUT2D eigenvalue weighted by Gasteiger charge is 2.26. The number of sulfonamides is 1. The number of benzene rings is 1. The summed E-state index contributed by atoms with van der Waals surface area (Å²) >= 11 is 5.93. The summed E-state index contributed by atoms with van der Waals surface area (Å²) in [5.41, 5.74) is 0.428. The zero-order valence-electron chi connectivity index (χ0n) is 10.2. The number of rotatable bonds is 6. The molecule has 4 nitrogen and oxygen atoms in total. The first-order valence-corrected chi connectivity index (χ1v) is 7.91. The van der Waals surface area contributed by atoms with Crippen LogP contribution in [0.15, 0.2) is 24.3 Å². The SMILES string of the molecule is CC(CNC1CC1)S(=O)(=O)Nc1ccccc1Cl. The van der Waals surface area contributed by atoms with E-state index in [0.717, 1.165) is 12.8 Å². The second kappa shape index (κ2) is 5.47. The Balaban J connectivity index is 1.99. The molecule has 0 aliphatic heterocycles. The van der Waals surface area contributed by atoms with Crippen molar-refractivity contribution in [2.75, 3.05) is 11.3 Å². The molecule has 2 rings (SSSR count). The Kier molecular flexibility index (Phi) is 4.14. The molecule has 0 saturated heterocycles. The molecule has 1 unspecified atom stereocenters. The highest BCUT2D eigenvalue weighted by molar-refractivity contribution is 7.93. The summed E-state index contributed by atoms with van der Waals surface area (Å²) in [6, 6.07) is 7.32. The maximum atomic E-state index is 12.1. The van der Waals surface area contributed by atoms with Crippen LogP contribution in [0, 0.1) is 0 Å². The molecule has 1 atom stereocenters. The number of hydrogen-bond acceptors (Lipinski definition) is 3. The predicted octanol–water partition coefficient (Wildman–Crippen LogP) is 2.22. The van der Waals surface area contributed by atoms with E-state index in [1.54, 1.807) is 31.2 Å². The molecule has 1 aliphatic rings. The van der Waals surface area contributed by atoms with Gasteiger partial charge in [0, 0.05) is 12.6 Å². The van der Waals surface area contributed by atoms with Gasteiger partial charge in [-0.15, -0.1) is 0 Å². The van der Waals surface area contributed by atoms with Gasteiger partial charge in [-0.1, -0.05) is 23.7 Å². The van der Waals surface area contributed by atoms with Gasteiger partial charge in [0.15, 0.2) is 0 Å². The van der Waals surface area contributed by atoms with Crippen LogP contribution in [0.1, 0.15) is 19.8 Å². The summed E-state index contributed by atoms with van der Waals surface area (Å²) < 4.78 is 26.7. The molecular formula is C12H17ClN2O2S. The van der Waals surface area contributed by atoms with Crippen molar-refractivity contribution in [3.05, 3.63) is 29.3 Å². The first-order chi connectivity index (χ1) is 8.49. The van der Waals surface area contributed by atoms with Crippen molar-refractivity contribution in [3.8, 4) is 0 Å². The Bertz CT molecular complexity index is 515. The van der Waals surface area contributed by atoms with Gasteiger partial charge in [0.05, 0.1) is 16.0 Å². The molecule has 0 bridgehead atoms. The number of anilines is 1. The molecule has 1 aromatic rings. The van der Waals surface area contributed by atoms with Crippen molar-refractivity contribution < 1.29 is 8.42 Å². The monoisotopic (exact) mass is 288 g/mol. The molecule has 0 amide bonds. The van der Waals surface area contributed by atoms with Gasteiger partial charge in [-0.2, -0.15) is 0 Å². The maximum Gasteiger partial charge on any atom is 0.236 e. The number of nitrogens with one attached hydrogen (secondary N) is 2. The van der Waals surface area contributed by atoms with Crippen LogP contribution in [0.2, 0.25) is 5.02 Å². The van der Waals surface area contributed by atoms with E-state index < -0.39 is 15.3 Å². The zero-order valence-corrected chi connectivity index (χ0v) is 11.8. The lowest BCUT2D eigenvalue weighted by atomic mass is 10.3. The van der Waals surface area contributed by atoms with Gasteiger partial charge in [0.1, 0.15) is 0 Å². The van der Waals surface area contributed by atoms with Crippen LogP contribution in [-0.4, -0.2) is 26.3 Å². The van der Waals surface area contributed by atoms with Gasteiger partial charge in [0.2, 0.25) is 10.0 Å². The second-order valence-corrected chi connectivity index (χ2v) is 7.13. The number of hydrogen-bond donors (Lipinski definition) is 2. The molecule has 0 radical (unpaired) electrons. The Morgan fingerprint density at radius 1 is 1.39 bits per heavy atom. The molecule has 0 spiro atoms. The van der Waals surface area contributed by atoms with Crippen molar-refractivity contribution in [2.24, 2.45) is 0 Å². The third-order valence-corrected chi connectivity index (χ3v) is 4.99. The molecule has 6 heteroatoms. The molecule has 1 saturated carbocycles. The first-order valence-electron chi connectivity index (χ1n) is 5.98. The number of para-hydroxylation sites is 1. The molecule has 18 heavy (non-hydrogen) atoms. The zero-order chi connectivity index (χ0) is 13.2. The molecule has 0 aromatic heterocycles. The average molecular weight is 289 g/mol. The van der Waals surface area contributed by atoms with E-state index in [9.17, 15) is 8.42 Å². The summed E-state index contributed by atoms with van der Waals surface area (Å²) in [5, 5.41) is 3.13. The molecule has 1 aromatic carbocycles. The summed E-state index contributed by atoms with van der Waals surface area (Å²) in [6.07, 6.45) is 2.29. The topological polar surface area (TPSA) is 58.2 Å². The smallest absolute Gasteiger partial charge is 0.236 e. The molecule has 1 aliphatic carbocycles. The maximum absolute atomic E-state index is 12.1. The third kappa shape index (κ3) is 3.60. The van der Waals surface area contributed by atoms with Gasteiger partial charge in [-0.05, 0) is 31.9 Å². The van der Waals surface area contributed by atoms with E-state index in [2.05, 4.69) is 10.0 Å². The van der Waals surface area contributed by atoms with Crippen LogP contribution in [-0.2, 0) is 10.0 Å². The van der Waals surface area contributed by atoms with Crippen molar-refractivity contribution in [3.63, 3.8) is 0 Å². The molecule has 1 fully saturated rings. The minimum Gasteiger partial charge on any atom is -0.313 e. The third-order valence-electron chi connectivity index (χ3n) is 2.93. The second-order valence-electron chi connectivity index (χ2n) is 4.62. The number of halogens is 1.